The van der Waals surface area contributed by atoms with Gasteiger partial charge in [0.2, 0.25) is 0 Å². The maximum atomic E-state index is 12.5. The van der Waals surface area contributed by atoms with Gasteiger partial charge in [0.25, 0.3) is 0 Å². The predicted octanol–water partition coefficient (Wildman–Crippen LogP) is 7.60. The molecule has 2 aromatic rings. The van der Waals surface area contributed by atoms with E-state index < -0.39 is 0 Å². The highest BCUT2D eigenvalue weighted by molar-refractivity contribution is 6.10. The van der Waals surface area contributed by atoms with E-state index in [-0.39, 0.29) is 35.6 Å². The van der Waals surface area contributed by atoms with Gasteiger partial charge in [0.1, 0.15) is 6.10 Å². The lowest BCUT2D eigenvalue weighted by Crippen LogP contribution is -2.24. The van der Waals surface area contributed by atoms with Crippen molar-refractivity contribution in [3.8, 4) is 23.0 Å². The van der Waals surface area contributed by atoms with Crippen molar-refractivity contribution in [1.29, 1.82) is 0 Å². The smallest absolute Gasteiger partial charge is 0.163 e. The molecule has 0 saturated carbocycles. The number of rotatable bonds is 13. The Morgan fingerprint density at radius 1 is 0.829 bits per heavy atom. The Balaban J connectivity index is 1.37. The molecule has 2 unspecified atom stereocenters. The molecule has 216 valence electrons. The molecule has 4 rings (SSSR count). The third-order valence-electron chi connectivity index (χ3n) is 7.59. The first-order valence-corrected chi connectivity index (χ1v) is 14.5. The molecule has 0 saturated heterocycles. The molecule has 2 aromatic carbocycles. The van der Waals surface area contributed by atoms with Gasteiger partial charge < -0.3 is 19.7 Å². The molecule has 0 amide bonds. The first-order valence-electron chi connectivity index (χ1n) is 14.5. The van der Waals surface area contributed by atoms with Crippen molar-refractivity contribution in [2.24, 2.45) is 11.8 Å². The molecule has 0 spiro atoms. The number of aromatic hydroxyl groups is 2. The van der Waals surface area contributed by atoms with E-state index in [4.69, 9.17) is 9.47 Å². The summed E-state index contributed by atoms with van der Waals surface area (Å²) in [7, 11) is 1.45. The van der Waals surface area contributed by atoms with Crippen LogP contribution in [0.3, 0.4) is 0 Å². The molecule has 0 fully saturated rings. The van der Waals surface area contributed by atoms with E-state index in [0.29, 0.717) is 34.5 Å². The lowest BCUT2D eigenvalue weighted by atomic mass is 9.85. The minimum Gasteiger partial charge on any atom is -0.504 e. The third kappa shape index (κ3) is 9.52. The van der Waals surface area contributed by atoms with E-state index in [2.05, 4.69) is 24.3 Å². The van der Waals surface area contributed by atoms with E-state index in [1.54, 1.807) is 42.5 Å². The van der Waals surface area contributed by atoms with Crippen molar-refractivity contribution < 1.29 is 29.3 Å². The van der Waals surface area contributed by atoms with Crippen LogP contribution in [0.5, 0.6) is 23.0 Å². The minimum atomic E-state index is -0.335. The molecule has 0 radical (unpaired) electrons. The van der Waals surface area contributed by atoms with Gasteiger partial charge in [-0.05, 0) is 111 Å². The van der Waals surface area contributed by atoms with Gasteiger partial charge in [-0.1, -0.05) is 48.6 Å². The summed E-state index contributed by atoms with van der Waals surface area (Å²) in [4.78, 5) is 24.8. The monoisotopic (exact) mass is 556 g/mol. The summed E-state index contributed by atoms with van der Waals surface area (Å²) < 4.78 is 11.5. The van der Waals surface area contributed by atoms with Crippen molar-refractivity contribution >= 4 is 23.7 Å². The molecule has 2 aliphatic rings. The number of benzene rings is 2. The maximum absolute atomic E-state index is 12.5. The van der Waals surface area contributed by atoms with Crippen LogP contribution in [0.2, 0.25) is 0 Å². The Bertz CT molecular complexity index is 1290. The Morgan fingerprint density at radius 3 is 1.83 bits per heavy atom. The van der Waals surface area contributed by atoms with Crippen LogP contribution in [0.4, 0.5) is 0 Å². The molecule has 6 nitrogen and oxygen atoms in total. The lowest BCUT2D eigenvalue weighted by Gasteiger charge is -2.28. The number of carbonyl (C=O) groups excluding carboxylic acids is 2. The van der Waals surface area contributed by atoms with E-state index in [9.17, 15) is 19.8 Å². The second-order valence-electron chi connectivity index (χ2n) is 10.9. The Hall–Kier alpha value is -4.06. The largest absolute Gasteiger partial charge is 0.504 e. The van der Waals surface area contributed by atoms with E-state index in [1.165, 1.54) is 38.2 Å². The van der Waals surface area contributed by atoms with Gasteiger partial charge in [-0.25, -0.2) is 0 Å². The number of allylic oxidation sites excluding steroid dienone is 6. The van der Waals surface area contributed by atoms with Gasteiger partial charge in [0.05, 0.1) is 13.5 Å². The van der Waals surface area contributed by atoms with Crippen LogP contribution in [-0.2, 0) is 9.59 Å². The zero-order valence-electron chi connectivity index (χ0n) is 23.7. The van der Waals surface area contributed by atoms with Gasteiger partial charge >= 0.3 is 0 Å². The van der Waals surface area contributed by atoms with E-state index >= 15 is 0 Å². The van der Waals surface area contributed by atoms with Gasteiger partial charge in [-0.3, -0.25) is 9.59 Å². The number of hydrogen-bond donors (Lipinski definition) is 2. The summed E-state index contributed by atoms with van der Waals surface area (Å²) in [5.41, 5.74) is 1.38. The average molecular weight is 557 g/mol. The molecular formula is C35H40O6. The first-order chi connectivity index (χ1) is 19.9. The highest BCUT2D eigenvalue weighted by Crippen LogP contribution is 2.34. The fourth-order valence-corrected chi connectivity index (χ4v) is 5.40. The second-order valence-corrected chi connectivity index (χ2v) is 10.9. The van der Waals surface area contributed by atoms with Crippen LogP contribution in [0.25, 0.3) is 12.2 Å². The van der Waals surface area contributed by atoms with E-state index in [1.807, 2.05) is 0 Å². The summed E-state index contributed by atoms with van der Waals surface area (Å²) in [5.74, 6) is 1.09. The summed E-state index contributed by atoms with van der Waals surface area (Å²) in [6, 6.07) is 9.78. The summed E-state index contributed by atoms with van der Waals surface area (Å²) >= 11 is 0. The van der Waals surface area contributed by atoms with E-state index in [0.717, 1.165) is 38.5 Å². The molecule has 0 aromatic heterocycles. The number of hydrogen-bond acceptors (Lipinski definition) is 6. The highest BCUT2D eigenvalue weighted by atomic mass is 16.5. The highest BCUT2D eigenvalue weighted by Gasteiger charge is 2.23. The fraction of sp³-hybridized carbons (Fsp3) is 0.371. The number of phenolic OH excluding ortho intramolecular Hbond substituents is 2. The molecule has 0 aliphatic heterocycles. The van der Waals surface area contributed by atoms with Gasteiger partial charge in [-0.2, -0.15) is 0 Å². The van der Waals surface area contributed by atoms with Crippen LogP contribution < -0.4 is 9.47 Å². The molecule has 2 N–H and O–H groups in total. The van der Waals surface area contributed by atoms with Crippen molar-refractivity contribution in [2.45, 2.75) is 63.9 Å². The zero-order valence-corrected chi connectivity index (χ0v) is 23.7. The van der Waals surface area contributed by atoms with Crippen LogP contribution >= 0.6 is 0 Å². The van der Waals surface area contributed by atoms with Gasteiger partial charge in [0.15, 0.2) is 34.6 Å². The molecular weight excluding hydrogens is 516 g/mol. The number of ketones is 2. The normalized spacial score (nSPS) is 19.4. The van der Waals surface area contributed by atoms with Crippen LogP contribution in [-0.4, -0.2) is 35.0 Å². The SMILES string of the molecule is COc1cc(/C=C/C(=O)CC(=O)/C=C/c2ccc(O)c(OC(CC3C=CCCC3)CC3C=CCCC3)c2)ccc1O. The third-order valence-corrected chi connectivity index (χ3v) is 7.59. The second kappa shape index (κ2) is 15.1. The van der Waals surface area contributed by atoms with Crippen molar-refractivity contribution in [1.82, 2.24) is 0 Å². The molecule has 6 heteroatoms. The molecule has 0 heterocycles. The van der Waals surface area contributed by atoms with Crippen molar-refractivity contribution in [3.05, 3.63) is 84.0 Å². The quantitative estimate of drug-likeness (QED) is 0.150. The summed E-state index contributed by atoms with van der Waals surface area (Å²) in [6.45, 7) is 0. The van der Waals surface area contributed by atoms with Gasteiger partial charge in [0, 0.05) is 0 Å². The first kappa shape index (κ1) is 29.9. The predicted molar refractivity (Wildman–Crippen MR) is 162 cm³/mol. The zero-order chi connectivity index (χ0) is 29.0. The Labute approximate surface area is 242 Å². The number of carbonyl (C=O) groups is 2. The average Bonchev–Trinajstić information content (AvgIpc) is 2.98. The minimum absolute atomic E-state index is 0.0114. The topological polar surface area (TPSA) is 93.1 Å². The van der Waals surface area contributed by atoms with Gasteiger partial charge in [-0.15, -0.1) is 0 Å². The molecule has 0 bridgehead atoms. The molecule has 41 heavy (non-hydrogen) atoms. The van der Waals surface area contributed by atoms with Crippen LogP contribution in [0.1, 0.15) is 68.9 Å². The number of phenols is 2. The number of ether oxygens (including phenoxy) is 2. The molecule has 2 aliphatic carbocycles. The standard InChI is InChI=1S/C35H40O6/c1-40-34-22-27(14-18-32(34)38)12-16-29(36)24-30(37)17-13-28-15-19-33(39)35(23-28)41-31(20-25-8-4-2-5-9-25)21-26-10-6-3-7-11-26/h4,6,8,10,12-19,22-23,25-26,31,38-39H,2-3,5,7,9,11,20-21,24H2,1H3/b16-12+,17-13+. The Morgan fingerprint density at radius 2 is 1.34 bits per heavy atom. The lowest BCUT2D eigenvalue weighted by molar-refractivity contribution is -0.121. The summed E-state index contributed by atoms with van der Waals surface area (Å²) in [5, 5.41) is 20.3. The number of methoxy groups -OCH3 is 1. The summed E-state index contributed by atoms with van der Waals surface area (Å²) in [6.07, 6.45) is 23.6. The van der Waals surface area contributed by atoms with Crippen LogP contribution in [0, 0.1) is 11.8 Å². The van der Waals surface area contributed by atoms with Crippen molar-refractivity contribution in [2.75, 3.05) is 7.11 Å². The maximum Gasteiger partial charge on any atom is 0.163 e. The van der Waals surface area contributed by atoms with Crippen LogP contribution in [0.15, 0.2) is 72.9 Å². The fourth-order valence-electron chi connectivity index (χ4n) is 5.40. The Kier molecular flexibility index (Phi) is 11.0. The van der Waals surface area contributed by atoms with Crippen molar-refractivity contribution in [3.63, 3.8) is 0 Å². The molecule has 2 atom stereocenters.